The van der Waals surface area contributed by atoms with Crippen molar-refractivity contribution >= 4 is 5.78 Å². The van der Waals surface area contributed by atoms with E-state index < -0.39 is 0 Å². The van der Waals surface area contributed by atoms with E-state index in [4.69, 9.17) is 4.74 Å². The molecule has 0 N–H and O–H groups in total. The summed E-state index contributed by atoms with van der Waals surface area (Å²) in [6.07, 6.45) is 5.35. The molecule has 2 heteroatoms. The minimum absolute atomic E-state index is 0.393. The highest BCUT2D eigenvalue weighted by atomic mass is 16.5. The molecule has 0 fully saturated rings. The maximum absolute atomic E-state index is 11.5. The van der Waals surface area contributed by atoms with Crippen LogP contribution < -0.4 is 4.74 Å². The second kappa shape index (κ2) is 8.78. The quantitative estimate of drug-likeness (QED) is 0.648. The third kappa shape index (κ3) is 5.36. The van der Waals surface area contributed by atoms with Crippen molar-refractivity contribution in [1.29, 1.82) is 0 Å². The van der Waals surface area contributed by atoms with Crippen LogP contribution in [0.5, 0.6) is 5.75 Å². The van der Waals surface area contributed by atoms with Crippen LogP contribution >= 0.6 is 0 Å². The summed E-state index contributed by atoms with van der Waals surface area (Å²) >= 11 is 0. The molecule has 0 atom stereocenters. The van der Waals surface area contributed by atoms with Gasteiger partial charge in [-0.1, -0.05) is 19.9 Å². The molecule has 2 nitrogen and oxygen atoms in total. The summed E-state index contributed by atoms with van der Waals surface area (Å²) in [4.78, 5) is 11.5. The standard InChI is InChI=1S/C18H28O2/c1-5-8-17(19)10-7-9-16-12-15(4)18(13-14(16)3)20-11-6-2/h12-13H,5-11H2,1-4H3. The van der Waals surface area contributed by atoms with Gasteiger partial charge in [-0.3, -0.25) is 4.79 Å². The number of carbonyl (C=O) groups excluding carboxylic acids is 1. The van der Waals surface area contributed by atoms with Crippen LogP contribution in [-0.4, -0.2) is 12.4 Å². The van der Waals surface area contributed by atoms with Gasteiger partial charge in [0.1, 0.15) is 11.5 Å². The molecule has 0 saturated heterocycles. The fourth-order valence-corrected chi connectivity index (χ4v) is 2.37. The Kier molecular flexibility index (Phi) is 7.35. The van der Waals surface area contributed by atoms with Crippen LogP contribution in [0.25, 0.3) is 0 Å². The lowest BCUT2D eigenvalue weighted by Crippen LogP contribution is -2.01. The lowest BCUT2D eigenvalue weighted by atomic mass is 9.98. The Bertz CT molecular complexity index is 435. The highest BCUT2D eigenvalue weighted by Gasteiger charge is 2.07. The molecular formula is C18H28O2. The molecule has 0 unspecified atom stereocenters. The smallest absolute Gasteiger partial charge is 0.132 e. The molecule has 1 rings (SSSR count). The first kappa shape index (κ1) is 16.7. The highest BCUT2D eigenvalue weighted by molar-refractivity contribution is 5.78. The second-order valence-corrected chi connectivity index (χ2v) is 5.53. The highest BCUT2D eigenvalue weighted by Crippen LogP contribution is 2.24. The Balaban J connectivity index is 2.58. The van der Waals surface area contributed by atoms with E-state index in [2.05, 4.69) is 39.8 Å². The van der Waals surface area contributed by atoms with E-state index in [1.165, 1.54) is 16.7 Å². The van der Waals surface area contributed by atoms with Crippen LogP contribution in [0.2, 0.25) is 0 Å². The normalized spacial score (nSPS) is 10.6. The summed E-state index contributed by atoms with van der Waals surface area (Å²) in [6.45, 7) is 9.16. The van der Waals surface area contributed by atoms with Crippen molar-refractivity contribution in [3.8, 4) is 5.75 Å². The second-order valence-electron chi connectivity index (χ2n) is 5.53. The summed E-state index contributed by atoms with van der Waals surface area (Å²) in [5.74, 6) is 1.39. The van der Waals surface area contributed by atoms with Crippen molar-refractivity contribution in [2.75, 3.05) is 6.61 Å². The van der Waals surface area contributed by atoms with Crippen molar-refractivity contribution in [2.45, 2.75) is 66.2 Å². The maximum atomic E-state index is 11.5. The minimum atomic E-state index is 0.393. The van der Waals surface area contributed by atoms with Gasteiger partial charge in [-0.2, -0.15) is 0 Å². The van der Waals surface area contributed by atoms with Gasteiger partial charge in [-0.25, -0.2) is 0 Å². The van der Waals surface area contributed by atoms with Crippen LogP contribution in [-0.2, 0) is 11.2 Å². The van der Waals surface area contributed by atoms with E-state index in [0.717, 1.165) is 44.5 Å². The van der Waals surface area contributed by atoms with Crippen LogP contribution in [0, 0.1) is 13.8 Å². The fourth-order valence-electron chi connectivity index (χ4n) is 2.37. The molecule has 20 heavy (non-hydrogen) atoms. The number of hydrogen-bond acceptors (Lipinski definition) is 2. The average Bonchev–Trinajstić information content (AvgIpc) is 2.41. The van der Waals surface area contributed by atoms with Gasteiger partial charge in [-0.15, -0.1) is 0 Å². The van der Waals surface area contributed by atoms with Gasteiger partial charge in [0.15, 0.2) is 0 Å². The molecule has 0 saturated carbocycles. The van der Waals surface area contributed by atoms with E-state index in [0.29, 0.717) is 12.2 Å². The monoisotopic (exact) mass is 276 g/mol. The molecule has 0 bridgehead atoms. The lowest BCUT2D eigenvalue weighted by molar-refractivity contribution is -0.119. The van der Waals surface area contributed by atoms with Gasteiger partial charge in [0.25, 0.3) is 0 Å². The molecule has 1 aromatic rings. The number of aryl methyl sites for hydroxylation is 3. The maximum Gasteiger partial charge on any atom is 0.132 e. The SMILES string of the molecule is CCCOc1cc(C)c(CCCC(=O)CCC)cc1C. The Labute approximate surface area is 123 Å². The van der Waals surface area contributed by atoms with Crippen LogP contribution in [0.1, 0.15) is 62.6 Å². The first-order valence-corrected chi connectivity index (χ1v) is 7.83. The number of ketones is 1. The van der Waals surface area contributed by atoms with Crippen LogP contribution in [0.15, 0.2) is 12.1 Å². The van der Waals surface area contributed by atoms with Crippen molar-refractivity contribution < 1.29 is 9.53 Å². The molecule has 1 aromatic carbocycles. The molecule has 0 amide bonds. The van der Waals surface area contributed by atoms with Crippen molar-refractivity contribution in [3.05, 3.63) is 28.8 Å². The summed E-state index contributed by atoms with van der Waals surface area (Å²) in [5, 5.41) is 0. The summed E-state index contributed by atoms with van der Waals surface area (Å²) < 4.78 is 5.74. The Morgan fingerprint density at radius 1 is 1.05 bits per heavy atom. The molecule has 0 radical (unpaired) electrons. The zero-order valence-corrected chi connectivity index (χ0v) is 13.4. The van der Waals surface area contributed by atoms with Gasteiger partial charge in [-0.05, 0) is 62.3 Å². The first-order chi connectivity index (χ1) is 9.58. The molecule has 112 valence electrons. The van der Waals surface area contributed by atoms with Crippen molar-refractivity contribution in [3.63, 3.8) is 0 Å². The predicted molar refractivity (Wildman–Crippen MR) is 84.6 cm³/mol. The molecule has 0 aliphatic rings. The summed E-state index contributed by atoms with van der Waals surface area (Å²) in [5.41, 5.74) is 3.80. The molecule has 0 aromatic heterocycles. The minimum Gasteiger partial charge on any atom is -0.493 e. The zero-order chi connectivity index (χ0) is 15.0. The molecule has 0 aliphatic heterocycles. The van der Waals surface area contributed by atoms with Gasteiger partial charge >= 0.3 is 0 Å². The molecule has 0 spiro atoms. The van der Waals surface area contributed by atoms with Crippen molar-refractivity contribution in [2.24, 2.45) is 0 Å². The van der Waals surface area contributed by atoms with Gasteiger partial charge in [0.05, 0.1) is 6.61 Å². The summed E-state index contributed by atoms with van der Waals surface area (Å²) in [6, 6.07) is 4.35. The molecule has 0 aliphatic carbocycles. The zero-order valence-electron chi connectivity index (χ0n) is 13.4. The van der Waals surface area contributed by atoms with E-state index in [-0.39, 0.29) is 0 Å². The number of rotatable bonds is 9. The first-order valence-electron chi connectivity index (χ1n) is 7.83. The number of carbonyl (C=O) groups is 1. The summed E-state index contributed by atoms with van der Waals surface area (Å²) in [7, 11) is 0. The third-order valence-corrected chi connectivity index (χ3v) is 3.53. The van der Waals surface area contributed by atoms with E-state index in [9.17, 15) is 4.79 Å². The fraction of sp³-hybridized carbons (Fsp3) is 0.611. The number of benzene rings is 1. The van der Waals surface area contributed by atoms with Gasteiger partial charge in [0.2, 0.25) is 0 Å². The number of hydrogen-bond donors (Lipinski definition) is 0. The number of ether oxygens (including phenoxy) is 1. The third-order valence-electron chi connectivity index (χ3n) is 3.53. The number of Topliss-reactive ketones (excluding diaryl/α,β-unsaturated/α-hetero) is 1. The Morgan fingerprint density at radius 3 is 2.45 bits per heavy atom. The van der Waals surface area contributed by atoms with E-state index in [1.54, 1.807) is 0 Å². The predicted octanol–water partition coefficient (Wildman–Crippen LogP) is 4.78. The van der Waals surface area contributed by atoms with Crippen LogP contribution in [0.3, 0.4) is 0 Å². The van der Waals surface area contributed by atoms with E-state index >= 15 is 0 Å². The Morgan fingerprint density at radius 2 is 1.80 bits per heavy atom. The largest absolute Gasteiger partial charge is 0.493 e. The van der Waals surface area contributed by atoms with Gasteiger partial charge < -0.3 is 4.74 Å². The van der Waals surface area contributed by atoms with Gasteiger partial charge in [0, 0.05) is 12.8 Å². The molecular weight excluding hydrogens is 248 g/mol. The van der Waals surface area contributed by atoms with E-state index in [1.807, 2.05) is 0 Å². The van der Waals surface area contributed by atoms with Crippen LogP contribution in [0.4, 0.5) is 0 Å². The average molecular weight is 276 g/mol. The lowest BCUT2D eigenvalue weighted by Gasteiger charge is -2.13. The molecule has 0 heterocycles. The Hall–Kier alpha value is -1.31. The van der Waals surface area contributed by atoms with Crippen molar-refractivity contribution in [1.82, 2.24) is 0 Å². The topological polar surface area (TPSA) is 26.3 Å².